The van der Waals surface area contributed by atoms with Gasteiger partial charge in [-0.1, -0.05) is 31.3 Å². The minimum absolute atomic E-state index is 0.204. The van der Waals surface area contributed by atoms with Crippen molar-refractivity contribution in [1.82, 2.24) is 4.90 Å². The van der Waals surface area contributed by atoms with E-state index in [-0.39, 0.29) is 6.10 Å². The molecule has 0 aromatic carbocycles. The smallest absolute Gasteiger partial charge is 0.264 e. The lowest BCUT2D eigenvalue weighted by atomic mass is 9.82. The van der Waals surface area contributed by atoms with E-state index < -0.39 is 0 Å². The summed E-state index contributed by atoms with van der Waals surface area (Å²) in [7, 11) is 2.08. The van der Waals surface area contributed by atoms with E-state index in [1.807, 2.05) is 0 Å². The Morgan fingerprint density at radius 1 is 1.43 bits per heavy atom. The van der Waals surface area contributed by atoms with E-state index in [1.165, 1.54) is 17.0 Å². The standard InChI is InChI=1S/C17H29N2OS/c1-5-19(6-2)15-8-7-14(16(20)12-15)11-13(3)17-18(4)9-10-21-17/h9-11,14-16,20H,5-8,12H2,1-4H3/q+1/b13-11+. The van der Waals surface area contributed by atoms with Gasteiger partial charge in [0.05, 0.1) is 11.5 Å². The van der Waals surface area contributed by atoms with Crippen LogP contribution in [0.3, 0.4) is 0 Å². The summed E-state index contributed by atoms with van der Waals surface area (Å²) < 4.78 is 2.16. The zero-order chi connectivity index (χ0) is 15.4. The third kappa shape index (κ3) is 3.93. The first kappa shape index (κ1) is 16.7. The largest absolute Gasteiger partial charge is 0.392 e. The van der Waals surface area contributed by atoms with Gasteiger partial charge in [-0.25, -0.2) is 0 Å². The van der Waals surface area contributed by atoms with E-state index >= 15 is 0 Å². The first-order chi connectivity index (χ1) is 10.1. The first-order valence-corrected chi connectivity index (χ1v) is 8.98. The van der Waals surface area contributed by atoms with Crippen molar-refractivity contribution >= 4 is 16.9 Å². The zero-order valence-electron chi connectivity index (χ0n) is 13.7. The van der Waals surface area contributed by atoms with Gasteiger partial charge in [0, 0.05) is 17.5 Å². The summed E-state index contributed by atoms with van der Waals surface area (Å²) in [5.74, 6) is 0.305. The van der Waals surface area contributed by atoms with Gasteiger partial charge in [-0.2, -0.15) is 4.57 Å². The van der Waals surface area contributed by atoms with Crippen molar-refractivity contribution < 1.29 is 9.67 Å². The van der Waals surface area contributed by atoms with Crippen LogP contribution in [0.4, 0.5) is 0 Å². The zero-order valence-corrected chi connectivity index (χ0v) is 14.6. The molecule has 4 heteroatoms. The Hall–Kier alpha value is -0.710. The maximum Gasteiger partial charge on any atom is 0.264 e. The molecular formula is C17H29N2OS+. The van der Waals surface area contributed by atoms with Crippen LogP contribution in [0.25, 0.3) is 5.57 Å². The maximum atomic E-state index is 10.5. The Balaban J connectivity index is 2.02. The van der Waals surface area contributed by atoms with Crippen LogP contribution in [-0.2, 0) is 7.05 Å². The number of aromatic nitrogens is 1. The molecule has 3 unspecified atom stereocenters. The molecule has 3 atom stereocenters. The van der Waals surface area contributed by atoms with E-state index in [0.717, 1.165) is 25.9 Å². The fraction of sp³-hybridized carbons (Fsp3) is 0.706. The second-order valence-corrected chi connectivity index (χ2v) is 6.98. The molecule has 118 valence electrons. The number of nitrogens with zero attached hydrogens (tertiary/aromatic N) is 2. The summed E-state index contributed by atoms with van der Waals surface area (Å²) >= 11 is 1.76. The third-order valence-corrected chi connectivity index (χ3v) is 5.85. The topological polar surface area (TPSA) is 27.4 Å². The quantitative estimate of drug-likeness (QED) is 0.847. The second-order valence-electron chi connectivity index (χ2n) is 6.09. The molecule has 1 aliphatic rings. The molecule has 2 rings (SSSR count). The highest BCUT2D eigenvalue weighted by Crippen LogP contribution is 2.31. The minimum Gasteiger partial charge on any atom is -0.392 e. The van der Waals surface area contributed by atoms with E-state index in [2.05, 4.69) is 54.9 Å². The molecule has 1 aromatic rings. The first-order valence-electron chi connectivity index (χ1n) is 8.10. The van der Waals surface area contributed by atoms with Gasteiger partial charge in [-0.3, -0.25) is 0 Å². The molecule has 0 bridgehead atoms. The number of aryl methyl sites for hydroxylation is 1. The van der Waals surface area contributed by atoms with Crippen LogP contribution in [0.15, 0.2) is 17.7 Å². The number of aliphatic hydroxyl groups excluding tert-OH is 1. The summed E-state index contributed by atoms with van der Waals surface area (Å²) in [5, 5.41) is 13.9. The molecule has 1 N–H and O–H groups in total. The van der Waals surface area contributed by atoms with Gasteiger partial charge in [0.1, 0.15) is 7.05 Å². The van der Waals surface area contributed by atoms with Crippen molar-refractivity contribution in [3.63, 3.8) is 0 Å². The lowest BCUT2D eigenvalue weighted by molar-refractivity contribution is -0.668. The van der Waals surface area contributed by atoms with E-state index in [1.54, 1.807) is 11.3 Å². The van der Waals surface area contributed by atoms with Gasteiger partial charge >= 0.3 is 0 Å². The molecule has 0 spiro atoms. The summed E-state index contributed by atoms with van der Waals surface area (Å²) in [6.45, 7) is 8.75. The molecule has 0 saturated heterocycles. The number of hydrogen-bond acceptors (Lipinski definition) is 3. The normalized spacial score (nSPS) is 27.3. The van der Waals surface area contributed by atoms with Crippen molar-refractivity contribution in [1.29, 1.82) is 0 Å². The fourth-order valence-corrected chi connectivity index (χ4v) is 4.37. The Bertz CT molecular complexity index is 479. The molecule has 1 aliphatic carbocycles. The Labute approximate surface area is 132 Å². The van der Waals surface area contributed by atoms with Crippen molar-refractivity contribution in [2.24, 2.45) is 13.0 Å². The highest BCUT2D eigenvalue weighted by Gasteiger charge is 2.30. The highest BCUT2D eigenvalue weighted by molar-refractivity contribution is 7.10. The van der Waals surface area contributed by atoms with Crippen LogP contribution in [-0.4, -0.2) is 35.2 Å². The Morgan fingerprint density at radius 3 is 2.67 bits per heavy atom. The van der Waals surface area contributed by atoms with Crippen molar-refractivity contribution in [2.75, 3.05) is 13.1 Å². The van der Waals surface area contributed by atoms with Gasteiger partial charge in [0.15, 0.2) is 6.20 Å². The third-order valence-electron chi connectivity index (χ3n) is 4.76. The van der Waals surface area contributed by atoms with E-state index in [4.69, 9.17) is 0 Å². The molecule has 0 amide bonds. The maximum absolute atomic E-state index is 10.5. The summed E-state index contributed by atoms with van der Waals surface area (Å²) in [6, 6.07) is 0.554. The summed E-state index contributed by atoms with van der Waals surface area (Å²) in [4.78, 5) is 2.48. The molecule has 1 saturated carbocycles. The number of hydrogen-bond donors (Lipinski definition) is 1. The molecule has 0 radical (unpaired) electrons. The molecule has 1 fully saturated rings. The lowest BCUT2D eigenvalue weighted by Crippen LogP contribution is -2.42. The molecular weight excluding hydrogens is 280 g/mol. The van der Waals surface area contributed by atoms with Gasteiger partial charge in [0.25, 0.3) is 5.01 Å². The average molecular weight is 309 g/mol. The highest BCUT2D eigenvalue weighted by atomic mass is 32.1. The van der Waals surface area contributed by atoms with Crippen LogP contribution in [0.2, 0.25) is 0 Å². The molecule has 0 aliphatic heterocycles. The van der Waals surface area contributed by atoms with Gasteiger partial charge in [0.2, 0.25) is 0 Å². The lowest BCUT2D eigenvalue weighted by Gasteiger charge is -2.38. The van der Waals surface area contributed by atoms with Crippen LogP contribution in [0, 0.1) is 5.92 Å². The number of thiazole rings is 1. The summed E-state index contributed by atoms with van der Waals surface area (Å²) in [5.41, 5.74) is 1.29. The SMILES string of the molecule is CCN(CC)C1CCC(/C=C(\C)c2scc[n+]2C)C(O)C1. The predicted octanol–water partition coefficient (Wildman–Crippen LogP) is 2.85. The Morgan fingerprint density at radius 2 is 2.14 bits per heavy atom. The van der Waals surface area contributed by atoms with Gasteiger partial charge in [-0.15, -0.1) is 0 Å². The van der Waals surface area contributed by atoms with Crippen molar-refractivity contribution in [3.8, 4) is 0 Å². The van der Waals surface area contributed by atoms with Gasteiger partial charge < -0.3 is 10.0 Å². The fourth-order valence-electron chi connectivity index (χ4n) is 3.52. The average Bonchev–Trinajstić information content (AvgIpc) is 2.89. The van der Waals surface area contributed by atoms with Crippen LogP contribution < -0.4 is 4.57 Å². The van der Waals surface area contributed by atoms with Crippen LogP contribution in [0.1, 0.15) is 45.0 Å². The molecule has 1 heterocycles. The summed E-state index contributed by atoms with van der Waals surface area (Å²) in [6.07, 6.45) is 7.37. The van der Waals surface area contributed by atoms with Crippen molar-refractivity contribution in [3.05, 3.63) is 22.7 Å². The van der Waals surface area contributed by atoms with E-state index in [9.17, 15) is 5.11 Å². The minimum atomic E-state index is -0.204. The second kappa shape index (κ2) is 7.52. The predicted molar refractivity (Wildman–Crippen MR) is 89.2 cm³/mol. The monoisotopic (exact) mass is 309 g/mol. The molecule has 21 heavy (non-hydrogen) atoms. The number of aliphatic hydroxyl groups is 1. The van der Waals surface area contributed by atoms with Gasteiger partial charge in [-0.05, 0) is 39.3 Å². The van der Waals surface area contributed by atoms with Crippen LogP contribution in [0.5, 0.6) is 0 Å². The molecule has 1 aromatic heterocycles. The van der Waals surface area contributed by atoms with Crippen LogP contribution >= 0.6 is 11.3 Å². The molecule has 3 nitrogen and oxygen atoms in total. The van der Waals surface area contributed by atoms with Crippen molar-refractivity contribution in [2.45, 2.75) is 52.2 Å². The number of allylic oxidation sites excluding steroid dienone is 1. The Kier molecular flexibility index (Phi) is 5.97. The number of rotatable bonds is 5. The van der Waals surface area contributed by atoms with E-state index in [0.29, 0.717) is 12.0 Å².